The first-order chi connectivity index (χ1) is 10.7. The smallest absolute Gasteiger partial charge is 0.303 e. The first-order valence-electron chi connectivity index (χ1n) is 7.86. The molecule has 0 radical (unpaired) electrons. The molecule has 1 aliphatic heterocycles. The first-order valence-corrected chi connectivity index (χ1v) is 7.86. The van der Waals surface area contributed by atoms with Crippen molar-refractivity contribution in [2.75, 3.05) is 26.8 Å². The topological polar surface area (TPSA) is 59.0 Å². The molecule has 0 aromatic heterocycles. The molecule has 0 aliphatic carbocycles. The van der Waals surface area contributed by atoms with Crippen LogP contribution in [0.4, 0.5) is 0 Å². The zero-order valence-corrected chi connectivity index (χ0v) is 13.2. The van der Waals surface area contributed by atoms with E-state index in [0.717, 1.165) is 44.8 Å². The fraction of sp³-hybridized carbons (Fsp3) is 0.588. The number of rotatable bonds is 9. The van der Waals surface area contributed by atoms with Gasteiger partial charge < -0.3 is 14.6 Å². The highest BCUT2D eigenvalue weighted by atomic mass is 16.5. The molecule has 5 nitrogen and oxygen atoms in total. The third-order valence-electron chi connectivity index (χ3n) is 3.89. The third kappa shape index (κ3) is 5.66. The lowest BCUT2D eigenvalue weighted by atomic mass is 10.1. The summed E-state index contributed by atoms with van der Waals surface area (Å²) in [4.78, 5) is 13.0. The lowest BCUT2D eigenvalue weighted by Crippen LogP contribution is -2.33. The zero-order chi connectivity index (χ0) is 15.8. The minimum absolute atomic E-state index is 0.208. The van der Waals surface area contributed by atoms with Crippen LogP contribution in [-0.2, 0) is 16.1 Å². The molecule has 1 aromatic rings. The van der Waals surface area contributed by atoms with Gasteiger partial charge in [-0.25, -0.2) is 0 Å². The van der Waals surface area contributed by atoms with Gasteiger partial charge >= 0.3 is 5.97 Å². The summed E-state index contributed by atoms with van der Waals surface area (Å²) < 4.78 is 11.0. The molecule has 122 valence electrons. The van der Waals surface area contributed by atoms with E-state index in [4.69, 9.17) is 14.6 Å². The number of carboxylic acids is 1. The normalized spacial score (nSPS) is 17.8. The second-order valence-electron chi connectivity index (χ2n) is 5.72. The first kappa shape index (κ1) is 16.8. The lowest BCUT2D eigenvalue weighted by molar-refractivity contribution is -0.137. The van der Waals surface area contributed by atoms with Crippen LogP contribution in [0.2, 0.25) is 0 Å². The molecular formula is C17H25NO4. The number of methoxy groups -OCH3 is 1. The monoisotopic (exact) mass is 307 g/mol. The Labute approximate surface area is 131 Å². The fourth-order valence-electron chi connectivity index (χ4n) is 2.79. The minimum atomic E-state index is -0.738. The second kappa shape index (κ2) is 8.76. The maximum Gasteiger partial charge on any atom is 0.303 e. The summed E-state index contributed by atoms with van der Waals surface area (Å²) in [6.45, 7) is 3.25. The van der Waals surface area contributed by atoms with Crippen LogP contribution in [0.5, 0.6) is 5.75 Å². The van der Waals surface area contributed by atoms with Crippen LogP contribution in [0.15, 0.2) is 24.3 Å². The average Bonchev–Trinajstić information content (AvgIpc) is 3.00. The predicted octanol–water partition coefficient (Wildman–Crippen LogP) is 2.54. The highest BCUT2D eigenvalue weighted by molar-refractivity contribution is 5.66. The van der Waals surface area contributed by atoms with E-state index in [0.29, 0.717) is 6.42 Å². The SMILES string of the molecule is COc1cccc(CN(CCCC(=O)O)CC2CCCO2)c1. The minimum Gasteiger partial charge on any atom is -0.497 e. The van der Waals surface area contributed by atoms with Gasteiger partial charge in [-0.3, -0.25) is 9.69 Å². The van der Waals surface area contributed by atoms with Gasteiger partial charge in [0.05, 0.1) is 13.2 Å². The van der Waals surface area contributed by atoms with E-state index in [1.165, 1.54) is 5.56 Å². The Hall–Kier alpha value is -1.59. The Kier molecular flexibility index (Phi) is 6.68. The largest absolute Gasteiger partial charge is 0.497 e. The summed E-state index contributed by atoms with van der Waals surface area (Å²) in [5.41, 5.74) is 1.17. The molecule has 1 heterocycles. The highest BCUT2D eigenvalue weighted by Crippen LogP contribution is 2.18. The summed E-state index contributed by atoms with van der Waals surface area (Å²) in [5, 5.41) is 8.81. The van der Waals surface area contributed by atoms with Crippen LogP contribution in [0.1, 0.15) is 31.2 Å². The molecule has 0 amide bonds. The van der Waals surface area contributed by atoms with Gasteiger partial charge in [-0.1, -0.05) is 12.1 Å². The Morgan fingerprint density at radius 1 is 1.50 bits per heavy atom. The van der Waals surface area contributed by atoms with E-state index >= 15 is 0 Å². The molecule has 0 saturated carbocycles. The molecule has 1 aromatic carbocycles. The van der Waals surface area contributed by atoms with Crippen LogP contribution < -0.4 is 4.74 Å². The number of carboxylic acid groups (broad SMARTS) is 1. The van der Waals surface area contributed by atoms with E-state index in [1.54, 1.807) is 7.11 Å². The van der Waals surface area contributed by atoms with E-state index in [2.05, 4.69) is 11.0 Å². The number of carbonyl (C=O) groups is 1. The van der Waals surface area contributed by atoms with Gasteiger partial charge in [-0.2, -0.15) is 0 Å². The van der Waals surface area contributed by atoms with Crippen LogP contribution in [0.25, 0.3) is 0 Å². The maximum absolute atomic E-state index is 10.7. The summed E-state index contributed by atoms with van der Waals surface area (Å²) in [7, 11) is 1.66. The van der Waals surface area contributed by atoms with E-state index in [9.17, 15) is 4.79 Å². The summed E-state index contributed by atoms with van der Waals surface area (Å²) >= 11 is 0. The van der Waals surface area contributed by atoms with Crippen molar-refractivity contribution < 1.29 is 19.4 Å². The quantitative estimate of drug-likeness (QED) is 0.760. The van der Waals surface area contributed by atoms with Crippen molar-refractivity contribution in [3.63, 3.8) is 0 Å². The van der Waals surface area contributed by atoms with Crippen molar-refractivity contribution in [3.8, 4) is 5.75 Å². The second-order valence-corrected chi connectivity index (χ2v) is 5.72. The Morgan fingerprint density at radius 2 is 2.36 bits per heavy atom. The van der Waals surface area contributed by atoms with Gasteiger partial charge in [0.25, 0.3) is 0 Å². The van der Waals surface area contributed by atoms with Crippen LogP contribution in [-0.4, -0.2) is 48.9 Å². The number of aliphatic carboxylic acids is 1. The Bertz CT molecular complexity index is 471. The Morgan fingerprint density at radius 3 is 3.05 bits per heavy atom. The third-order valence-corrected chi connectivity index (χ3v) is 3.89. The van der Waals surface area contributed by atoms with Gasteiger partial charge in [0.15, 0.2) is 0 Å². The summed E-state index contributed by atoms with van der Waals surface area (Å²) in [5.74, 6) is 0.110. The number of hydrogen-bond acceptors (Lipinski definition) is 4. The van der Waals surface area contributed by atoms with Crippen molar-refractivity contribution in [3.05, 3.63) is 29.8 Å². The molecule has 1 fully saturated rings. The molecule has 0 bridgehead atoms. The predicted molar refractivity (Wildman–Crippen MR) is 84.1 cm³/mol. The molecule has 2 rings (SSSR count). The average molecular weight is 307 g/mol. The Balaban J connectivity index is 1.93. The standard InChI is InChI=1S/C17H25NO4/c1-21-15-6-2-5-14(11-15)12-18(9-3-8-17(19)20)13-16-7-4-10-22-16/h2,5-6,11,16H,3-4,7-10,12-13H2,1H3,(H,19,20). The number of benzene rings is 1. The van der Waals surface area contributed by atoms with E-state index < -0.39 is 5.97 Å². The molecule has 22 heavy (non-hydrogen) atoms. The maximum atomic E-state index is 10.7. The van der Waals surface area contributed by atoms with E-state index in [-0.39, 0.29) is 12.5 Å². The molecule has 1 atom stereocenters. The van der Waals surface area contributed by atoms with Gasteiger partial charge in [0.2, 0.25) is 0 Å². The molecule has 0 spiro atoms. The molecule has 1 aliphatic rings. The molecule has 1 unspecified atom stereocenters. The van der Waals surface area contributed by atoms with Crippen molar-refractivity contribution in [2.45, 2.75) is 38.3 Å². The van der Waals surface area contributed by atoms with Gasteiger partial charge in [0.1, 0.15) is 5.75 Å². The van der Waals surface area contributed by atoms with Crippen molar-refractivity contribution in [1.82, 2.24) is 4.90 Å². The number of ether oxygens (including phenoxy) is 2. The van der Waals surface area contributed by atoms with E-state index in [1.807, 2.05) is 18.2 Å². The summed E-state index contributed by atoms with van der Waals surface area (Å²) in [6, 6.07) is 8.01. The van der Waals surface area contributed by atoms with Crippen molar-refractivity contribution >= 4 is 5.97 Å². The van der Waals surface area contributed by atoms with Crippen LogP contribution in [0, 0.1) is 0 Å². The van der Waals surface area contributed by atoms with Crippen LogP contribution in [0.3, 0.4) is 0 Å². The summed E-state index contributed by atoms with van der Waals surface area (Å²) in [6.07, 6.45) is 3.35. The molecule has 1 N–H and O–H groups in total. The van der Waals surface area contributed by atoms with Crippen molar-refractivity contribution in [2.24, 2.45) is 0 Å². The fourth-order valence-corrected chi connectivity index (χ4v) is 2.79. The number of hydrogen-bond donors (Lipinski definition) is 1. The van der Waals surface area contributed by atoms with Gasteiger partial charge in [0, 0.05) is 26.1 Å². The number of nitrogens with zero attached hydrogens (tertiary/aromatic N) is 1. The highest BCUT2D eigenvalue weighted by Gasteiger charge is 2.19. The van der Waals surface area contributed by atoms with Crippen LogP contribution >= 0.6 is 0 Å². The molecular weight excluding hydrogens is 282 g/mol. The zero-order valence-electron chi connectivity index (χ0n) is 13.2. The molecule has 1 saturated heterocycles. The lowest BCUT2D eigenvalue weighted by Gasteiger charge is -2.25. The molecule has 5 heteroatoms. The van der Waals surface area contributed by atoms with Crippen molar-refractivity contribution in [1.29, 1.82) is 0 Å². The van der Waals surface area contributed by atoms with Gasteiger partial charge in [-0.15, -0.1) is 0 Å². The van der Waals surface area contributed by atoms with Gasteiger partial charge in [-0.05, 0) is 43.5 Å².